The van der Waals surface area contributed by atoms with Crippen LogP contribution in [0.5, 0.6) is 0 Å². The maximum Gasteiger partial charge on any atom is 0.0575 e. The lowest BCUT2D eigenvalue weighted by Gasteiger charge is -2.24. The third kappa shape index (κ3) is 6.28. The van der Waals surface area contributed by atoms with E-state index in [2.05, 4.69) is 5.32 Å². The van der Waals surface area contributed by atoms with E-state index in [0.29, 0.717) is 0 Å². The summed E-state index contributed by atoms with van der Waals surface area (Å²) >= 11 is 0. The van der Waals surface area contributed by atoms with Crippen molar-refractivity contribution in [1.82, 2.24) is 10.4 Å². The molecule has 0 saturated carbocycles. The van der Waals surface area contributed by atoms with Crippen molar-refractivity contribution in [2.45, 2.75) is 22.3 Å². The van der Waals surface area contributed by atoms with E-state index in [-0.39, 0.29) is 22.3 Å². The number of nitrogens with zero attached hydrogens (tertiary/aromatic N) is 1. The first kappa shape index (κ1) is 17.1. The van der Waals surface area contributed by atoms with Crippen LogP contribution in [0.3, 0.4) is 0 Å². The van der Waals surface area contributed by atoms with Gasteiger partial charge in [-0.05, 0) is 0 Å². The molecule has 1 heterocycles. The predicted octanol–water partition coefficient (Wildman–Crippen LogP) is 1.36. The highest BCUT2D eigenvalue weighted by atomic mass is 16.7. The molecule has 0 unspecified atom stereocenters. The average Bonchev–Trinajstić information content (AvgIpc) is 1.90. The Morgan fingerprint density at radius 3 is 1.82 bits per heavy atom. The molecule has 0 bridgehead atoms. The second-order valence-electron chi connectivity index (χ2n) is 1.86. The lowest BCUT2D eigenvalue weighted by Crippen LogP contribution is -2.42. The van der Waals surface area contributed by atoms with Crippen LogP contribution in [0.15, 0.2) is 0 Å². The van der Waals surface area contributed by atoms with Crippen molar-refractivity contribution in [2.24, 2.45) is 0 Å². The molecule has 1 aliphatic rings. The number of hydrogen-bond acceptors (Lipinski definition) is 3. The summed E-state index contributed by atoms with van der Waals surface area (Å²) in [5.74, 6) is 0. The molecule has 0 aliphatic carbocycles. The molecule has 1 saturated heterocycles. The highest BCUT2D eigenvalue weighted by Gasteiger charge is 2.06. The summed E-state index contributed by atoms with van der Waals surface area (Å²) < 4.78 is 0. The number of nitrogens with one attached hydrogen (secondary N) is 1. The average molecular weight is 164 g/mol. The molecule has 0 spiro atoms. The van der Waals surface area contributed by atoms with Crippen molar-refractivity contribution < 1.29 is 4.84 Å². The first-order chi connectivity index (χ1) is 3.93. The Balaban J connectivity index is -0.000000213. The van der Waals surface area contributed by atoms with Crippen molar-refractivity contribution in [1.29, 1.82) is 0 Å². The van der Waals surface area contributed by atoms with Gasteiger partial charge in [0.15, 0.2) is 0 Å². The second-order valence-corrected chi connectivity index (χ2v) is 1.86. The van der Waals surface area contributed by atoms with Gasteiger partial charge in [-0.25, -0.2) is 0 Å². The van der Waals surface area contributed by atoms with Crippen LogP contribution in [-0.4, -0.2) is 38.4 Å². The zero-order chi connectivity index (χ0) is 5.82. The molecular formula is C8H24N2O. The molecule has 0 atom stereocenters. The van der Waals surface area contributed by atoms with Gasteiger partial charge in [-0.1, -0.05) is 22.3 Å². The minimum Gasteiger partial charge on any atom is -0.314 e. The summed E-state index contributed by atoms with van der Waals surface area (Å²) in [6.07, 6.45) is 0. The van der Waals surface area contributed by atoms with Crippen molar-refractivity contribution in [2.75, 3.05) is 33.3 Å². The molecular weight excluding hydrogens is 140 g/mol. The minimum absolute atomic E-state index is 0. The molecule has 72 valence electrons. The highest BCUT2D eigenvalue weighted by Crippen LogP contribution is 1.88. The fraction of sp³-hybridized carbons (Fsp3) is 1.00. The van der Waals surface area contributed by atoms with Crippen molar-refractivity contribution in [3.05, 3.63) is 0 Å². The lowest BCUT2D eigenvalue weighted by molar-refractivity contribution is -0.136. The van der Waals surface area contributed by atoms with Crippen LogP contribution in [0, 0.1) is 0 Å². The van der Waals surface area contributed by atoms with Crippen LogP contribution in [0.1, 0.15) is 22.3 Å². The van der Waals surface area contributed by atoms with E-state index in [1.807, 2.05) is 5.06 Å². The Hall–Kier alpha value is -0.120. The second kappa shape index (κ2) is 9.88. The maximum absolute atomic E-state index is 4.98. The van der Waals surface area contributed by atoms with Crippen molar-refractivity contribution in [3.63, 3.8) is 0 Å². The maximum atomic E-state index is 4.98. The van der Waals surface area contributed by atoms with Gasteiger partial charge in [0.25, 0.3) is 0 Å². The molecule has 0 aromatic heterocycles. The van der Waals surface area contributed by atoms with Gasteiger partial charge in [-0.2, -0.15) is 5.06 Å². The normalized spacial score (nSPS) is 17.2. The highest BCUT2D eigenvalue weighted by molar-refractivity contribution is 4.59. The van der Waals surface area contributed by atoms with Gasteiger partial charge in [0.1, 0.15) is 0 Å². The molecule has 3 nitrogen and oxygen atoms in total. The first-order valence-electron chi connectivity index (χ1n) is 2.93. The van der Waals surface area contributed by atoms with Gasteiger partial charge >= 0.3 is 0 Å². The standard InChI is InChI=1S/C5H12N2O.3CH4/c1-8-7-4-2-6-3-5-7;;;/h6H,2-5H2,1H3;3*1H4. The van der Waals surface area contributed by atoms with Crippen LogP contribution < -0.4 is 5.32 Å². The van der Waals surface area contributed by atoms with Gasteiger partial charge in [0, 0.05) is 26.2 Å². The number of rotatable bonds is 1. The lowest BCUT2D eigenvalue weighted by atomic mass is 10.4. The number of hydroxylamine groups is 2. The minimum atomic E-state index is 0. The Morgan fingerprint density at radius 2 is 1.55 bits per heavy atom. The molecule has 1 fully saturated rings. The van der Waals surface area contributed by atoms with E-state index in [1.54, 1.807) is 7.11 Å². The zero-order valence-corrected chi connectivity index (χ0v) is 5.18. The van der Waals surface area contributed by atoms with Crippen LogP contribution in [0.2, 0.25) is 0 Å². The Kier molecular flexibility index (Phi) is 15.4. The van der Waals surface area contributed by atoms with E-state index >= 15 is 0 Å². The molecule has 1 rings (SSSR count). The van der Waals surface area contributed by atoms with Gasteiger partial charge in [0.05, 0.1) is 7.11 Å². The molecule has 3 heteroatoms. The molecule has 1 aliphatic heterocycles. The summed E-state index contributed by atoms with van der Waals surface area (Å²) in [6, 6.07) is 0. The van der Waals surface area contributed by atoms with Gasteiger partial charge < -0.3 is 10.2 Å². The van der Waals surface area contributed by atoms with Crippen LogP contribution in [0.4, 0.5) is 0 Å². The third-order valence-corrected chi connectivity index (χ3v) is 1.33. The summed E-state index contributed by atoms with van der Waals surface area (Å²) in [6.45, 7) is 4.12. The Labute approximate surface area is 71.7 Å². The zero-order valence-electron chi connectivity index (χ0n) is 5.18. The van der Waals surface area contributed by atoms with Crippen molar-refractivity contribution in [3.8, 4) is 0 Å². The van der Waals surface area contributed by atoms with E-state index in [1.165, 1.54) is 0 Å². The van der Waals surface area contributed by atoms with E-state index in [9.17, 15) is 0 Å². The number of piperazine rings is 1. The SMILES string of the molecule is C.C.C.CON1CCNCC1. The topological polar surface area (TPSA) is 24.5 Å². The van der Waals surface area contributed by atoms with Crippen LogP contribution in [0.25, 0.3) is 0 Å². The summed E-state index contributed by atoms with van der Waals surface area (Å²) in [4.78, 5) is 4.98. The quantitative estimate of drug-likeness (QED) is 0.633. The van der Waals surface area contributed by atoms with E-state index in [4.69, 9.17) is 4.84 Å². The van der Waals surface area contributed by atoms with Crippen LogP contribution >= 0.6 is 0 Å². The molecule has 1 N–H and O–H groups in total. The van der Waals surface area contributed by atoms with Crippen molar-refractivity contribution >= 4 is 0 Å². The molecule has 0 aromatic rings. The molecule has 0 radical (unpaired) electrons. The Morgan fingerprint density at radius 1 is 1.09 bits per heavy atom. The number of hydrogen-bond donors (Lipinski definition) is 1. The van der Waals surface area contributed by atoms with Crippen LogP contribution in [-0.2, 0) is 4.84 Å². The van der Waals surface area contributed by atoms with Gasteiger partial charge in [-0.3, -0.25) is 0 Å². The monoisotopic (exact) mass is 164 g/mol. The third-order valence-electron chi connectivity index (χ3n) is 1.33. The summed E-state index contributed by atoms with van der Waals surface area (Å²) in [7, 11) is 1.71. The van der Waals surface area contributed by atoms with E-state index in [0.717, 1.165) is 26.2 Å². The fourth-order valence-corrected chi connectivity index (χ4v) is 0.827. The van der Waals surface area contributed by atoms with E-state index < -0.39 is 0 Å². The van der Waals surface area contributed by atoms with Gasteiger partial charge in [0.2, 0.25) is 0 Å². The first-order valence-corrected chi connectivity index (χ1v) is 2.93. The largest absolute Gasteiger partial charge is 0.314 e. The predicted molar refractivity (Wildman–Crippen MR) is 51.6 cm³/mol. The van der Waals surface area contributed by atoms with Gasteiger partial charge in [-0.15, -0.1) is 0 Å². The molecule has 0 amide bonds. The smallest absolute Gasteiger partial charge is 0.0575 e. The summed E-state index contributed by atoms with van der Waals surface area (Å²) in [5.41, 5.74) is 0. The summed E-state index contributed by atoms with van der Waals surface area (Å²) in [5, 5.41) is 5.18. The fourth-order valence-electron chi connectivity index (χ4n) is 0.827. The molecule has 0 aromatic carbocycles. The Bertz CT molecular complexity index is 63.1. The molecule has 11 heavy (non-hydrogen) atoms.